The van der Waals surface area contributed by atoms with Crippen LogP contribution in [-0.4, -0.2) is 23.8 Å². The molecule has 3 rings (SSSR count). The van der Waals surface area contributed by atoms with E-state index in [1.165, 1.54) is 47.5 Å². The van der Waals surface area contributed by atoms with Gasteiger partial charge in [0, 0.05) is 24.4 Å². The van der Waals surface area contributed by atoms with Crippen LogP contribution in [0.3, 0.4) is 0 Å². The molecule has 27 heavy (non-hydrogen) atoms. The van der Waals surface area contributed by atoms with Crippen LogP contribution in [0.1, 0.15) is 40.6 Å². The Kier molecular flexibility index (Phi) is 4.52. The van der Waals surface area contributed by atoms with E-state index in [-0.39, 0.29) is 17.4 Å². The molecule has 2 N–H and O–H groups in total. The molecule has 0 bridgehead atoms. The number of benzene rings is 1. The number of hydrogen-bond donors (Lipinski definition) is 1. The number of hydrogen-bond acceptors (Lipinski definition) is 5. The van der Waals surface area contributed by atoms with E-state index in [4.69, 9.17) is 11.0 Å². The van der Waals surface area contributed by atoms with E-state index < -0.39 is 17.4 Å². The van der Waals surface area contributed by atoms with E-state index in [0.29, 0.717) is 15.3 Å². The van der Waals surface area contributed by atoms with Crippen molar-refractivity contribution in [1.29, 1.82) is 5.26 Å². The number of carbonyl (C=O) groups excluding carboxylic acids is 1. The third-order valence-electron chi connectivity index (χ3n) is 4.80. The lowest BCUT2D eigenvalue weighted by Gasteiger charge is -2.40. The fourth-order valence-corrected chi connectivity index (χ4v) is 4.15. The number of aliphatic imine (C=N–C) groups is 1. The first kappa shape index (κ1) is 19.0. The number of nitrogens with two attached hydrogens (primary N) is 1. The van der Waals surface area contributed by atoms with E-state index in [2.05, 4.69) is 11.1 Å². The molecule has 2 heterocycles. The van der Waals surface area contributed by atoms with Crippen molar-refractivity contribution in [3.8, 4) is 6.07 Å². The van der Waals surface area contributed by atoms with Gasteiger partial charge < -0.3 is 5.73 Å². The molecule has 1 aliphatic rings. The van der Waals surface area contributed by atoms with Gasteiger partial charge in [0.15, 0.2) is 5.96 Å². The highest BCUT2D eigenvalue weighted by atomic mass is 32.1. The zero-order valence-corrected chi connectivity index (χ0v) is 15.8. The van der Waals surface area contributed by atoms with Crippen LogP contribution in [0.5, 0.6) is 0 Å². The van der Waals surface area contributed by atoms with Crippen molar-refractivity contribution in [1.82, 2.24) is 4.90 Å². The van der Waals surface area contributed by atoms with Crippen molar-refractivity contribution in [3.05, 3.63) is 57.3 Å². The largest absolute Gasteiger partial charge is 0.369 e. The van der Waals surface area contributed by atoms with Gasteiger partial charge in [-0.1, -0.05) is 24.3 Å². The number of rotatable bonds is 3. The summed E-state index contributed by atoms with van der Waals surface area (Å²) in [7, 11) is 1.53. The monoisotopic (exact) mass is 388 g/mol. The minimum Gasteiger partial charge on any atom is -0.369 e. The fourth-order valence-electron chi connectivity index (χ4n) is 3.23. The molecule has 0 saturated carbocycles. The van der Waals surface area contributed by atoms with E-state index in [0.717, 1.165) is 6.92 Å². The summed E-state index contributed by atoms with van der Waals surface area (Å²) in [6, 6.07) is 11.2. The Morgan fingerprint density at radius 2 is 1.93 bits per heavy atom. The van der Waals surface area contributed by atoms with Gasteiger partial charge in [-0.05, 0) is 24.6 Å². The highest BCUT2D eigenvalue weighted by molar-refractivity contribution is 7.12. The average Bonchev–Trinajstić information content (AvgIpc) is 3.09. The second-order valence-corrected chi connectivity index (χ2v) is 7.82. The Morgan fingerprint density at radius 3 is 2.44 bits per heavy atom. The normalized spacial score (nSPS) is 23.1. The lowest BCUT2D eigenvalue weighted by Crippen LogP contribution is -2.52. The zero-order chi connectivity index (χ0) is 20.0. The Balaban J connectivity index is 2.15. The summed E-state index contributed by atoms with van der Waals surface area (Å²) in [6.45, 7) is 2.59. The van der Waals surface area contributed by atoms with Gasteiger partial charge in [0.2, 0.25) is 5.91 Å². The van der Waals surface area contributed by atoms with Crippen LogP contribution >= 0.6 is 11.3 Å². The highest BCUT2D eigenvalue weighted by Crippen LogP contribution is 2.46. The van der Waals surface area contributed by atoms with Crippen LogP contribution in [0.15, 0.2) is 41.4 Å². The first-order valence-corrected chi connectivity index (χ1v) is 9.01. The van der Waals surface area contributed by atoms with Crippen molar-refractivity contribution < 1.29 is 13.6 Å². The molecular formula is C19H18F2N4OS. The number of nitriles is 1. The summed E-state index contributed by atoms with van der Waals surface area (Å²) in [5, 5.41) is 9.12. The minimum atomic E-state index is -2.97. The molecule has 8 heteroatoms. The number of alkyl halides is 2. The lowest BCUT2D eigenvalue weighted by atomic mass is 9.77. The predicted octanol–water partition coefficient (Wildman–Crippen LogP) is 3.52. The average molecular weight is 388 g/mol. The molecule has 2 aromatic rings. The second kappa shape index (κ2) is 6.43. The quantitative estimate of drug-likeness (QED) is 0.873. The first-order chi connectivity index (χ1) is 12.6. The Labute approximate surface area is 159 Å². The molecule has 0 aliphatic carbocycles. The highest BCUT2D eigenvalue weighted by Gasteiger charge is 2.48. The van der Waals surface area contributed by atoms with Gasteiger partial charge in [-0.15, -0.1) is 11.3 Å². The molecular weight excluding hydrogens is 370 g/mol. The molecule has 0 spiro atoms. The van der Waals surface area contributed by atoms with Crippen molar-refractivity contribution in [3.63, 3.8) is 0 Å². The van der Waals surface area contributed by atoms with Crippen molar-refractivity contribution in [2.45, 2.75) is 31.2 Å². The number of guanidine groups is 1. The lowest BCUT2D eigenvalue weighted by molar-refractivity contribution is -0.130. The smallest absolute Gasteiger partial charge is 0.270 e. The maximum absolute atomic E-state index is 13.5. The number of likely N-dealkylation sites (N-methyl/N-ethyl adjacent to an activating group) is 1. The second-order valence-electron chi connectivity index (χ2n) is 6.73. The molecule has 0 saturated heterocycles. The van der Waals surface area contributed by atoms with Gasteiger partial charge in [0.05, 0.1) is 5.92 Å². The molecule has 0 fully saturated rings. The van der Waals surface area contributed by atoms with Crippen LogP contribution in [-0.2, 0) is 16.3 Å². The minimum absolute atomic E-state index is 0.0716. The molecule has 2 unspecified atom stereocenters. The molecule has 1 aromatic carbocycles. The van der Waals surface area contributed by atoms with Crippen LogP contribution in [0.2, 0.25) is 0 Å². The summed E-state index contributed by atoms with van der Waals surface area (Å²) in [5.41, 5.74) is 5.33. The predicted molar refractivity (Wildman–Crippen MR) is 99.5 cm³/mol. The number of nitrogens with zero attached hydrogens (tertiary/aromatic N) is 3. The molecule has 2 atom stereocenters. The van der Waals surface area contributed by atoms with Crippen LogP contribution in [0, 0.1) is 11.3 Å². The van der Waals surface area contributed by atoms with Gasteiger partial charge >= 0.3 is 0 Å². The van der Waals surface area contributed by atoms with Crippen molar-refractivity contribution in [2.75, 3.05) is 7.05 Å². The summed E-state index contributed by atoms with van der Waals surface area (Å²) < 4.78 is 27.1. The molecule has 1 amide bonds. The maximum Gasteiger partial charge on any atom is 0.270 e. The number of thiophene rings is 1. The third kappa shape index (κ3) is 3.19. The third-order valence-corrected chi connectivity index (χ3v) is 6.01. The SMILES string of the molecule is CN1C(=O)C(c2ccc(C(C)(F)F)cc2)C(C)(c2ccc(C#N)s2)N=C1N. The molecule has 1 aromatic heterocycles. The summed E-state index contributed by atoms with van der Waals surface area (Å²) in [6.07, 6.45) is 0. The number of halogens is 2. The first-order valence-electron chi connectivity index (χ1n) is 8.19. The van der Waals surface area contributed by atoms with E-state index in [1.54, 1.807) is 19.1 Å². The van der Waals surface area contributed by atoms with Gasteiger partial charge in [0.1, 0.15) is 16.5 Å². The fraction of sp³-hybridized carbons (Fsp3) is 0.316. The van der Waals surface area contributed by atoms with Crippen LogP contribution < -0.4 is 5.73 Å². The summed E-state index contributed by atoms with van der Waals surface area (Å²) >= 11 is 1.23. The van der Waals surface area contributed by atoms with Crippen LogP contribution in [0.4, 0.5) is 8.78 Å². The van der Waals surface area contributed by atoms with Crippen LogP contribution in [0.25, 0.3) is 0 Å². The molecule has 1 aliphatic heterocycles. The van der Waals surface area contributed by atoms with E-state index in [1.807, 2.05) is 0 Å². The van der Waals surface area contributed by atoms with Gasteiger partial charge in [-0.2, -0.15) is 5.26 Å². The maximum atomic E-state index is 13.5. The Bertz CT molecular complexity index is 955. The van der Waals surface area contributed by atoms with Crippen molar-refractivity contribution in [2.24, 2.45) is 10.7 Å². The van der Waals surface area contributed by atoms with Gasteiger partial charge in [-0.25, -0.2) is 13.8 Å². The summed E-state index contributed by atoms with van der Waals surface area (Å²) in [5.74, 6) is -3.93. The Morgan fingerprint density at radius 1 is 1.30 bits per heavy atom. The summed E-state index contributed by atoms with van der Waals surface area (Å²) in [4.78, 5) is 20.0. The molecule has 5 nitrogen and oxygen atoms in total. The molecule has 140 valence electrons. The van der Waals surface area contributed by atoms with Gasteiger partial charge in [-0.3, -0.25) is 9.69 Å². The Hall–Kier alpha value is -2.79. The van der Waals surface area contributed by atoms with Gasteiger partial charge in [0.25, 0.3) is 5.92 Å². The number of carbonyl (C=O) groups is 1. The van der Waals surface area contributed by atoms with Crippen molar-refractivity contribution >= 4 is 23.2 Å². The van der Waals surface area contributed by atoms with E-state index >= 15 is 0 Å². The topological polar surface area (TPSA) is 82.5 Å². The molecule has 0 radical (unpaired) electrons. The number of amides is 1. The standard InChI is InChI=1S/C19H18F2N4OS/c1-18(14-9-8-13(10-22)27-14)15(16(26)25(3)17(23)24-18)11-4-6-12(7-5-11)19(2,20)21/h4-9,15H,1-3H3,(H2,23,24). The van der Waals surface area contributed by atoms with E-state index in [9.17, 15) is 13.6 Å². The zero-order valence-electron chi connectivity index (χ0n) is 15.0.